The Hall–Kier alpha value is -2.73. The van der Waals surface area contributed by atoms with Gasteiger partial charge < -0.3 is 9.64 Å². The third-order valence-electron chi connectivity index (χ3n) is 5.29. The highest BCUT2D eigenvalue weighted by Gasteiger charge is 2.27. The summed E-state index contributed by atoms with van der Waals surface area (Å²) in [6, 6.07) is 10.1. The Kier molecular flexibility index (Phi) is 5.39. The molecular weight excluding hydrogens is 370 g/mol. The lowest BCUT2D eigenvalue weighted by atomic mass is 9.93. The summed E-state index contributed by atoms with van der Waals surface area (Å²) in [4.78, 5) is 23.6. The molecule has 1 atom stereocenters. The Morgan fingerprint density at radius 3 is 2.89 bits per heavy atom. The van der Waals surface area contributed by atoms with E-state index in [0.717, 1.165) is 35.0 Å². The smallest absolute Gasteiger partial charge is 0.223 e. The normalized spacial score (nSPS) is 15.9. The van der Waals surface area contributed by atoms with Crippen molar-refractivity contribution >= 4 is 17.2 Å². The highest BCUT2D eigenvalue weighted by Crippen LogP contribution is 2.32. The zero-order valence-corrected chi connectivity index (χ0v) is 16.9. The van der Waals surface area contributed by atoms with Gasteiger partial charge in [0.05, 0.1) is 18.8 Å². The number of fused-ring (bicyclic) bond motifs is 1. The summed E-state index contributed by atoms with van der Waals surface area (Å²) in [6.45, 7) is 2.86. The van der Waals surface area contributed by atoms with E-state index in [1.165, 1.54) is 11.1 Å². The highest BCUT2D eigenvalue weighted by atomic mass is 32.1. The molecule has 1 aliphatic rings. The second-order valence-corrected chi connectivity index (χ2v) is 7.82. The van der Waals surface area contributed by atoms with E-state index in [1.807, 2.05) is 28.5 Å². The van der Waals surface area contributed by atoms with Gasteiger partial charge in [-0.3, -0.25) is 9.78 Å². The van der Waals surface area contributed by atoms with Gasteiger partial charge in [0.25, 0.3) is 0 Å². The van der Waals surface area contributed by atoms with Crippen molar-refractivity contribution in [3.05, 3.63) is 64.9 Å². The first kappa shape index (κ1) is 18.6. The molecular formula is C22H23N3O2S. The molecule has 0 spiro atoms. The number of nitrogens with zero attached hydrogens (tertiary/aromatic N) is 3. The van der Waals surface area contributed by atoms with E-state index < -0.39 is 0 Å². The van der Waals surface area contributed by atoms with Gasteiger partial charge >= 0.3 is 0 Å². The molecule has 0 saturated carbocycles. The van der Waals surface area contributed by atoms with Crippen LogP contribution in [-0.2, 0) is 17.6 Å². The quantitative estimate of drug-likeness (QED) is 0.649. The molecule has 0 fully saturated rings. The van der Waals surface area contributed by atoms with Gasteiger partial charge in [-0.05, 0) is 55.2 Å². The number of carbonyl (C=O) groups is 1. The van der Waals surface area contributed by atoms with Crippen LogP contribution >= 0.6 is 11.3 Å². The van der Waals surface area contributed by atoms with Gasteiger partial charge in [-0.2, -0.15) is 0 Å². The minimum Gasteiger partial charge on any atom is -0.497 e. The predicted molar refractivity (Wildman–Crippen MR) is 110 cm³/mol. The van der Waals surface area contributed by atoms with Crippen molar-refractivity contribution in [2.45, 2.75) is 32.2 Å². The number of methoxy groups -OCH3 is 1. The number of aromatic nitrogens is 2. The summed E-state index contributed by atoms with van der Waals surface area (Å²) >= 11 is 1.61. The molecule has 3 heterocycles. The Balaban J connectivity index is 1.41. The lowest BCUT2D eigenvalue weighted by molar-refractivity contribution is -0.133. The van der Waals surface area contributed by atoms with Gasteiger partial charge in [0.1, 0.15) is 10.8 Å². The fraction of sp³-hybridized carbons (Fsp3) is 0.318. The monoisotopic (exact) mass is 393 g/mol. The van der Waals surface area contributed by atoms with Crippen molar-refractivity contribution in [1.82, 2.24) is 14.9 Å². The molecule has 28 heavy (non-hydrogen) atoms. The first-order chi connectivity index (χ1) is 13.7. The van der Waals surface area contributed by atoms with Crippen molar-refractivity contribution in [2.75, 3.05) is 13.7 Å². The second-order valence-electron chi connectivity index (χ2n) is 6.96. The fourth-order valence-electron chi connectivity index (χ4n) is 3.69. The van der Waals surface area contributed by atoms with Crippen molar-refractivity contribution < 1.29 is 9.53 Å². The van der Waals surface area contributed by atoms with Crippen LogP contribution in [0, 0.1) is 0 Å². The van der Waals surface area contributed by atoms with Crippen LogP contribution in [0.25, 0.3) is 10.6 Å². The van der Waals surface area contributed by atoms with Crippen molar-refractivity contribution in [1.29, 1.82) is 0 Å². The Bertz CT molecular complexity index is 971. The number of thiazole rings is 1. The summed E-state index contributed by atoms with van der Waals surface area (Å²) < 4.78 is 5.35. The maximum absolute atomic E-state index is 12.9. The molecule has 144 valence electrons. The molecule has 1 amide bonds. The predicted octanol–water partition coefficient (Wildman–Crippen LogP) is 4.29. The van der Waals surface area contributed by atoms with E-state index in [9.17, 15) is 4.79 Å². The summed E-state index contributed by atoms with van der Waals surface area (Å²) in [6.07, 6.45) is 5.56. The molecule has 0 saturated heterocycles. The van der Waals surface area contributed by atoms with Crippen LogP contribution in [0.5, 0.6) is 5.75 Å². The molecule has 1 aliphatic heterocycles. The van der Waals surface area contributed by atoms with Crippen LogP contribution in [0.4, 0.5) is 0 Å². The Morgan fingerprint density at radius 2 is 2.11 bits per heavy atom. The molecule has 6 heteroatoms. The molecule has 1 unspecified atom stereocenters. The molecule has 3 aromatic rings. The minimum atomic E-state index is 0.0640. The molecule has 0 aliphatic carbocycles. The van der Waals surface area contributed by atoms with Crippen LogP contribution in [0.3, 0.4) is 0 Å². The van der Waals surface area contributed by atoms with Crippen molar-refractivity contribution in [2.24, 2.45) is 0 Å². The number of ether oxygens (including phenoxy) is 1. The number of aryl methyl sites for hydroxylation is 1. The summed E-state index contributed by atoms with van der Waals surface area (Å²) in [7, 11) is 1.67. The Labute approximate surface area is 169 Å². The fourth-order valence-corrected chi connectivity index (χ4v) is 4.55. The van der Waals surface area contributed by atoms with Crippen LogP contribution in [-0.4, -0.2) is 34.4 Å². The van der Waals surface area contributed by atoms with E-state index in [-0.39, 0.29) is 11.9 Å². The topological polar surface area (TPSA) is 55.3 Å². The lowest BCUT2D eigenvalue weighted by Crippen LogP contribution is -2.39. The van der Waals surface area contributed by atoms with Gasteiger partial charge in [-0.25, -0.2) is 4.98 Å². The van der Waals surface area contributed by atoms with Gasteiger partial charge in [0, 0.05) is 36.3 Å². The van der Waals surface area contributed by atoms with E-state index >= 15 is 0 Å². The SMILES string of the molecule is COc1ccc2c(c1)C(C)N(C(=O)CCc1csc(-c3ccncc3)n1)CC2. The molecule has 0 radical (unpaired) electrons. The number of amides is 1. The van der Waals surface area contributed by atoms with E-state index in [2.05, 4.69) is 29.0 Å². The zero-order valence-electron chi connectivity index (χ0n) is 16.1. The third kappa shape index (κ3) is 3.78. The average Bonchev–Trinajstić information content (AvgIpc) is 3.22. The van der Waals surface area contributed by atoms with E-state index in [1.54, 1.807) is 30.8 Å². The van der Waals surface area contributed by atoms with Crippen LogP contribution in [0.2, 0.25) is 0 Å². The van der Waals surface area contributed by atoms with Crippen LogP contribution < -0.4 is 4.74 Å². The molecule has 4 rings (SSSR count). The third-order valence-corrected chi connectivity index (χ3v) is 6.23. The first-order valence-electron chi connectivity index (χ1n) is 9.47. The number of benzene rings is 1. The Morgan fingerprint density at radius 1 is 1.29 bits per heavy atom. The largest absolute Gasteiger partial charge is 0.497 e. The molecule has 0 bridgehead atoms. The van der Waals surface area contributed by atoms with Gasteiger partial charge in [-0.1, -0.05) is 6.07 Å². The molecule has 1 aromatic carbocycles. The molecule has 2 aromatic heterocycles. The maximum Gasteiger partial charge on any atom is 0.223 e. The highest BCUT2D eigenvalue weighted by molar-refractivity contribution is 7.13. The van der Waals surface area contributed by atoms with E-state index in [0.29, 0.717) is 12.8 Å². The van der Waals surface area contributed by atoms with Gasteiger partial charge in [-0.15, -0.1) is 11.3 Å². The number of rotatable bonds is 5. The van der Waals surface area contributed by atoms with E-state index in [4.69, 9.17) is 4.74 Å². The maximum atomic E-state index is 12.9. The zero-order chi connectivity index (χ0) is 19.5. The molecule has 5 nitrogen and oxygen atoms in total. The number of hydrogen-bond donors (Lipinski definition) is 0. The first-order valence-corrected chi connectivity index (χ1v) is 10.3. The summed E-state index contributed by atoms with van der Waals surface area (Å²) in [5, 5.41) is 3.01. The summed E-state index contributed by atoms with van der Waals surface area (Å²) in [5.74, 6) is 1.02. The number of hydrogen-bond acceptors (Lipinski definition) is 5. The van der Waals surface area contributed by atoms with Crippen molar-refractivity contribution in [3.63, 3.8) is 0 Å². The molecule has 0 N–H and O–H groups in total. The summed E-state index contributed by atoms with van der Waals surface area (Å²) in [5.41, 5.74) is 4.52. The average molecular weight is 394 g/mol. The standard InChI is InChI=1S/C22H23N3O2S/c1-15-20-13-19(27-2)5-3-16(20)9-12-25(15)21(26)6-4-18-14-28-22(24-18)17-7-10-23-11-8-17/h3,5,7-8,10-11,13-15H,4,6,9,12H2,1-2H3. The minimum absolute atomic E-state index is 0.0640. The number of pyridine rings is 1. The second kappa shape index (κ2) is 8.10. The van der Waals surface area contributed by atoms with Crippen LogP contribution in [0.15, 0.2) is 48.1 Å². The number of carbonyl (C=O) groups excluding carboxylic acids is 1. The van der Waals surface area contributed by atoms with Crippen molar-refractivity contribution in [3.8, 4) is 16.3 Å². The van der Waals surface area contributed by atoms with Gasteiger partial charge in [0.2, 0.25) is 5.91 Å². The lowest BCUT2D eigenvalue weighted by Gasteiger charge is -2.35. The van der Waals surface area contributed by atoms with Crippen LogP contribution in [0.1, 0.15) is 36.2 Å². The van der Waals surface area contributed by atoms with Gasteiger partial charge in [0.15, 0.2) is 0 Å².